The summed E-state index contributed by atoms with van der Waals surface area (Å²) in [4.78, 5) is 4.30. The smallest absolute Gasteiger partial charge is 0.162 e. The quantitative estimate of drug-likeness (QED) is 0.877. The van der Waals surface area contributed by atoms with Crippen molar-refractivity contribution in [3.63, 3.8) is 0 Å². The summed E-state index contributed by atoms with van der Waals surface area (Å²) >= 11 is 0. The molecular weight excluding hydrogens is 256 g/mol. The van der Waals surface area contributed by atoms with Crippen LogP contribution in [-0.4, -0.2) is 24.3 Å². The molecule has 0 amide bonds. The molecule has 1 heterocycles. The van der Waals surface area contributed by atoms with Gasteiger partial charge in [0.25, 0.3) is 0 Å². The van der Waals surface area contributed by atoms with E-state index in [0.717, 1.165) is 11.4 Å². The fourth-order valence-electron chi connectivity index (χ4n) is 1.87. The van der Waals surface area contributed by atoms with Crippen molar-refractivity contribution in [1.82, 2.24) is 4.98 Å². The predicted octanol–water partition coefficient (Wildman–Crippen LogP) is 2.72. The van der Waals surface area contributed by atoms with Crippen molar-refractivity contribution in [3.8, 4) is 17.2 Å². The Hall–Kier alpha value is -2.43. The van der Waals surface area contributed by atoms with E-state index >= 15 is 0 Å². The Morgan fingerprint density at radius 2 is 1.85 bits per heavy atom. The second-order valence-electron chi connectivity index (χ2n) is 4.34. The van der Waals surface area contributed by atoms with Crippen LogP contribution in [0.3, 0.4) is 0 Å². The third-order valence-corrected chi connectivity index (χ3v) is 2.93. The average Bonchev–Trinajstić information content (AvgIpc) is 2.47. The number of methoxy groups -OCH3 is 2. The summed E-state index contributed by atoms with van der Waals surface area (Å²) in [5.41, 5.74) is 2.34. The number of pyridine rings is 1. The number of nitrogens with zero attached hydrogens (tertiary/aromatic N) is 1. The first kappa shape index (κ1) is 14.0. The molecule has 0 saturated heterocycles. The van der Waals surface area contributed by atoms with Crippen molar-refractivity contribution >= 4 is 5.69 Å². The van der Waals surface area contributed by atoms with E-state index in [9.17, 15) is 5.11 Å². The van der Waals surface area contributed by atoms with E-state index in [4.69, 9.17) is 9.47 Å². The Morgan fingerprint density at radius 3 is 2.55 bits per heavy atom. The van der Waals surface area contributed by atoms with Crippen molar-refractivity contribution < 1.29 is 14.6 Å². The van der Waals surface area contributed by atoms with Crippen LogP contribution in [0.2, 0.25) is 0 Å². The number of benzene rings is 1. The largest absolute Gasteiger partial charge is 0.506 e. The molecule has 1 aromatic heterocycles. The Bertz CT molecular complexity index is 600. The maximum Gasteiger partial charge on any atom is 0.162 e. The molecule has 0 aliphatic heterocycles. The highest BCUT2D eigenvalue weighted by Crippen LogP contribution is 2.30. The number of aromatic hydroxyl groups is 1. The Morgan fingerprint density at radius 1 is 1.10 bits per heavy atom. The van der Waals surface area contributed by atoms with Crippen molar-refractivity contribution in [2.75, 3.05) is 19.5 Å². The summed E-state index contributed by atoms with van der Waals surface area (Å²) in [6, 6.07) is 8.97. The van der Waals surface area contributed by atoms with E-state index in [1.54, 1.807) is 26.4 Å². The predicted molar refractivity (Wildman–Crippen MR) is 77.5 cm³/mol. The van der Waals surface area contributed by atoms with Gasteiger partial charge in [-0.1, -0.05) is 0 Å². The van der Waals surface area contributed by atoms with Crippen molar-refractivity contribution in [1.29, 1.82) is 0 Å². The molecule has 20 heavy (non-hydrogen) atoms. The van der Waals surface area contributed by atoms with Crippen LogP contribution >= 0.6 is 0 Å². The third-order valence-electron chi connectivity index (χ3n) is 2.93. The highest BCUT2D eigenvalue weighted by Gasteiger charge is 2.06. The van der Waals surface area contributed by atoms with Crippen LogP contribution in [0.4, 0.5) is 5.69 Å². The first-order valence-electron chi connectivity index (χ1n) is 6.25. The van der Waals surface area contributed by atoms with Gasteiger partial charge in [0.2, 0.25) is 0 Å². The van der Waals surface area contributed by atoms with Gasteiger partial charge in [0, 0.05) is 17.4 Å². The fraction of sp³-hybridized carbons (Fsp3) is 0.267. The summed E-state index contributed by atoms with van der Waals surface area (Å²) in [6.45, 7) is 2.32. The average molecular weight is 274 g/mol. The van der Waals surface area contributed by atoms with Crippen LogP contribution in [0.5, 0.6) is 17.2 Å². The van der Waals surface area contributed by atoms with Gasteiger partial charge in [0.05, 0.1) is 20.8 Å². The monoisotopic (exact) mass is 274 g/mol. The molecule has 2 N–H and O–H groups in total. The maximum absolute atomic E-state index is 9.75. The minimum Gasteiger partial charge on any atom is -0.506 e. The van der Waals surface area contributed by atoms with Crippen LogP contribution in [0.15, 0.2) is 30.3 Å². The highest BCUT2D eigenvalue weighted by atomic mass is 16.5. The number of hydrogen-bond acceptors (Lipinski definition) is 5. The van der Waals surface area contributed by atoms with E-state index in [1.807, 2.05) is 25.1 Å². The summed E-state index contributed by atoms with van der Waals surface area (Å²) in [5, 5.41) is 12.9. The molecule has 2 aromatic rings. The zero-order valence-electron chi connectivity index (χ0n) is 11.8. The SMILES string of the molecule is COc1ccc(NCc2nc(C)ccc2O)cc1OC. The Balaban J connectivity index is 2.12. The second kappa shape index (κ2) is 6.14. The number of hydrogen-bond donors (Lipinski definition) is 2. The number of nitrogens with one attached hydrogen (secondary N) is 1. The van der Waals surface area contributed by atoms with Crippen LogP contribution < -0.4 is 14.8 Å². The minimum atomic E-state index is 0.184. The number of anilines is 1. The first-order valence-corrected chi connectivity index (χ1v) is 6.25. The molecule has 2 rings (SSSR count). The van der Waals surface area contributed by atoms with Gasteiger partial charge in [-0.05, 0) is 31.2 Å². The van der Waals surface area contributed by atoms with Crippen molar-refractivity contribution in [3.05, 3.63) is 41.7 Å². The highest BCUT2D eigenvalue weighted by molar-refractivity contribution is 5.55. The van der Waals surface area contributed by atoms with Gasteiger partial charge in [-0.25, -0.2) is 0 Å². The number of rotatable bonds is 5. The van der Waals surface area contributed by atoms with Crippen LogP contribution in [0, 0.1) is 6.92 Å². The molecule has 0 radical (unpaired) electrons. The number of aryl methyl sites for hydroxylation is 1. The van der Waals surface area contributed by atoms with Gasteiger partial charge in [-0.3, -0.25) is 4.98 Å². The molecule has 0 saturated carbocycles. The standard InChI is InChI=1S/C15H18N2O3/c1-10-4-6-13(18)12(17-10)9-16-11-5-7-14(19-2)15(8-11)20-3/h4-8,16,18H,9H2,1-3H3. The van der Waals surface area contributed by atoms with Gasteiger partial charge < -0.3 is 19.9 Å². The van der Waals surface area contributed by atoms with E-state index in [1.165, 1.54) is 0 Å². The summed E-state index contributed by atoms with van der Waals surface area (Å²) in [6.07, 6.45) is 0. The Labute approximate surface area is 118 Å². The molecule has 0 aliphatic rings. The van der Waals surface area contributed by atoms with Crippen molar-refractivity contribution in [2.24, 2.45) is 0 Å². The molecule has 0 unspecified atom stereocenters. The molecule has 0 aliphatic carbocycles. The topological polar surface area (TPSA) is 63.6 Å². The second-order valence-corrected chi connectivity index (χ2v) is 4.34. The maximum atomic E-state index is 9.75. The van der Waals surface area contributed by atoms with Gasteiger partial charge in [0.15, 0.2) is 11.5 Å². The minimum absolute atomic E-state index is 0.184. The molecule has 5 nitrogen and oxygen atoms in total. The van der Waals surface area contributed by atoms with Crippen molar-refractivity contribution in [2.45, 2.75) is 13.5 Å². The Kier molecular flexibility index (Phi) is 4.30. The van der Waals surface area contributed by atoms with E-state index in [-0.39, 0.29) is 5.75 Å². The molecule has 1 aromatic carbocycles. The molecule has 0 spiro atoms. The van der Waals surface area contributed by atoms with E-state index in [2.05, 4.69) is 10.3 Å². The zero-order valence-corrected chi connectivity index (χ0v) is 11.8. The van der Waals surface area contributed by atoms with Crippen LogP contribution in [-0.2, 0) is 6.54 Å². The van der Waals surface area contributed by atoms with Crippen LogP contribution in [0.25, 0.3) is 0 Å². The summed E-state index contributed by atoms with van der Waals surface area (Å²) in [7, 11) is 3.19. The van der Waals surface area contributed by atoms with Gasteiger partial charge >= 0.3 is 0 Å². The lowest BCUT2D eigenvalue weighted by Gasteiger charge is -2.11. The lowest BCUT2D eigenvalue weighted by molar-refractivity contribution is 0.355. The molecule has 5 heteroatoms. The lowest BCUT2D eigenvalue weighted by Crippen LogP contribution is -2.03. The normalized spacial score (nSPS) is 10.2. The third kappa shape index (κ3) is 3.12. The number of aromatic nitrogens is 1. The summed E-state index contributed by atoms with van der Waals surface area (Å²) < 4.78 is 10.4. The van der Waals surface area contributed by atoms with Gasteiger partial charge in [-0.2, -0.15) is 0 Å². The van der Waals surface area contributed by atoms with E-state index in [0.29, 0.717) is 23.7 Å². The van der Waals surface area contributed by atoms with E-state index < -0.39 is 0 Å². The van der Waals surface area contributed by atoms with Gasteiger partial charge in [-0.15, -0.1) is 0 Å². The molecule has 0 bridgehead atoms. The molecule has 0 atom stereocenters. The van der Waals surface area contributed by atoms with Gasteiger partial charge in [0.1, 0.15) is 11.4 Å². The lowest BCUT2D eigenvalue weighted by atomic mass is 10.2. The molecule has 0 fully saturated rings. The van der Waals surface area contributed by atoms with Crippen LogP contribution in [0.1, 0.15) is 11.4 Å². The summed E-state index contributed by atoms with van der Waals surface area (Å²) in [5.74, 6) is 1.51. The molecular formula is C15H18N2O3. The molecule has 106 valence electrons. The first-order chi connectivity index (χ1) is 9.63. The number of ether oxygens (including phenoxy) is 2. The zero-order chi connectivity index (χ0) is 14.5. The fourth-order valence-corrected chi connectivity index (χ4v) is 1.87.